The number of amides is 1. The van der Waals surface area contributed by atoms with Crippen LogP contribution in [0.5, 0.6) is 0 Å². The van der Waals surface area contributed by atoms with Gasteiger partial charge in [0.2, 0.25) is 15.9 Å². The Hall–Kier alpha value is -1.25. The van der Waals surface area contributed by atoms with E-state index in [2.05, 4.69) is 5.32 Å². The Labute approximate surface area is 198 Å². The lowest BCUT2D eigenvalue weighted by Gasteiger charge is -2.30. The van der Waals surface area contributed by atoms with E-state index >= 15 is 0 Å². The summed E-state index contributed by atoms with van der Waals surface area (Å²) in [5.41, 5.74) is 1.87. The van der Waals surface area contributed by atoms with Crippen molar-refractivity contribution in [2.24, 2.45) is 5.92 Å². The minimum Gasteiger partial charge on any atom is -0.355 e. The van der Waals surface area contributed by atoms with Crippen LogP contribution in [-0.4, -0.2) is 44.0 Å². The first kappa shape index (κ1) is 24.4. The highest BCUT2D eigenvalue weighted by Gasteiger charge is 2.31. The molecule has 0 aliphatic carbocycles. The van der Waals surface area contributed by atoms with Gasteiger partial charge in [-0.05, 0) is 48.2 Å². The van der Waals surface area contributed by atoms with Crippen LogP contribution in [0.25, 0.3) is 0 Å². The molecule has 9 heteroatoms. The first-order valence-electron chi connectivity index (χ1n) is 10.2. The van der Waals surface area contributed by atoms with Gasteiger partial charge in [0, 0.05) is 47.1 Å². The molecule has 0 spiro atoms. The van der Waals surface area contributed by atoms with Crippen LogP contribution in [0.15, 0.2) is 48.5 Å². The number of thioether (sulfide) groups is 1. The lowest BCUT2D eigenvalue weighted by atomic mass is 9.97. The SMILES string of the molecule is O=C(NCCSCc1cccc(Cl)c1)C1CCN(S(=O)(=O)Cc2ccc(Cl)cc2)CC1. The number of carbonyl (C=O) groups is 1. The molecule has 5 nitrogen and oxygen atoms in total. The molecule has 1 N–H and O–H groups in total. The van der Waals surface area contributed by atoms with Crippen LogP contribution in [0.4, 0.5) is 0 Å². The molecule has 1 amide bonds. The fourth-order valence-electron chi connectivity index (χ4n) is 3.49. The third kappa shape index (κ3) is 7.68. The maximum absolute atomic E-state index is 12.7. The summed E-state index contributed by atoms with van der Waals surface area (Å²) in [5.74, 6) is 1.48. The fourth-order valence-corrected chi connectivity index (χ4v) is 6.19. The van der Waals surface area contributed by atoms with Gasteiger partial charge in [-0.2, -0.15) is 11.8 Å². The van der Waals surface area contributed by atoms with Gasteiger partial charge in [-0.25, -0.2) is 12.7 Å². The number of piperidine rings is 1. The Morgan fingerprint density at radius 2 is 1.74 bits per heavy atom. The highest BCUT2D eigenvalue weighted by molar-refractivity contribution is 7.98. The van der Waals surface area contributed by atoms with Gasteiger partial charge in [0.15, 0.2) is 0 Å². The molecule has 0 unspecified atom stereocenters. The first-order valence-corrected chi connectivity index (χ1v) is 13.7. The van der Waals surface area contributed by atoms with Crippen molar-refractivity contribution < 1.29 is 13.2 Å². The zero-order chi connectivity index (χ0) is 22.3. The van der Waals surface area contributed by atoms with Gasteiger partial charge in [-0.1, -0.05) is 47.5 Å². The average molecular weight is 502 g/mol. The molecule has 0 radical (unpaired) electrons. The molecule has 2 aromatic carbocycles. The van der Waals surface area contributed by atoms with Crippen molar-refractivity contribution in [1.29, 1.82) is 0 Å². The first-order chi connectivity index (χ1) is 14.8. The number of hydrogen-bond acceptors (Lipinski definition) is 4. The third-order valence-electron chi connectivity index (χ3n) is 5.18. The number of rotatable bonds is 9. The second-order valence-corrected chi connectivity index (χ2v) is 11.5. The molecule has 1 aliphatic rings. The molecule has 1 fully saturated rings. The Morgan fingerprint density at radius 1 is 1.03 bits per heavy atom. The van der Waals surface area contributed by atoms with Crippen molar-refractivity contribution in [2.45, 2.75) is 24.3 Å². The standard InChI is InChI=1S/C22H26Cl2N2O3S2/c23-20-6-4-17(5-7-20)16-31(28,29)26-11-8-19(9-12-26)22(27)25-10-13-30-15-18-2-1-3-21(24)14-18/h1-7,14,19H,8-13,15-16H2,(H,25,27). The molecular weight excluding hydrogens is 475 g/mol. The van der Waals surface area contributed by atoms with Gasteiger partial charge in [0.05, 0.1) is 5.75 Å². The highest BCUT2D eigenvalue weighted by Crippen LogP contribution is 2.22. The van der Waals surface area contributed by atoms with Crippen molar-refractivity contribution in [2.75, 3.05) is 25.4 Å². The Bertz CT molecular complexity index is 977. The van der Waals surface area contributed by atoms with Crippen molar-refractivity contribution in [3.8, 4) is 0 Å². The maximum Gasteiger partial charge on any atom is 0.223 e. The van der Waals surface area contributed by atoms with E-state index in [1.165, 1.54) is 4.31 Å². The molecule has 1 saturated heterocycles. The topological polar surface area (TPSA) is 66.5 Å². The van der Waals surface area contributed by atoms with E-state index < -0.39 is 10.0 Å². The molecule has 31 heavy (non-hydrogen) atoms. The quantitative estimate of drug-likeness (QED) is 0.511. The van der Waals surface area contributed by atoms with Crippen LogP contribution in [0.3, 0.4) is 0 Å². The minimum atomic E-state index is -3.41. The van der Waals surface area contributed by atoms with Crippen LogP contribution < -0.4 is 5.32 Å². The largest absolute Gasteiger partial charge is 0.355 e. The smallest absolute Gasteiger partial charge is 0.223 e. The number of benzene rings is 2. The minimum absolute atomic E-state index is 0.0121. The van der Waals surface area contributed by atoms with Gasteiger partial charge in [-0.3, -0.25) is 4.79 Å². The summed E-state index contributed by atoms with van der Waals surface area (Å²) in [5, 5.41) is 4.29. The number of halogens is 2. The normalized spacial score (nSPS) is 15.7. The van der Waals surface area contributed by atoms with Crippen LogP contribution in [0, 0.1) is 5.92 Å². The maximum atomic E-state index is 12.7. The molecule has 168 valence electrons. The molecule has 1 aliphatic heterocycles. The van der Waals surface area contributed by atoms with E-state index in [9.17, 15) is 13.2 Å². The molecule has 0 atom stereocenters. The Morgan fingerprint density at radius 3 is 2.42 bits per heavy atom. The van der Waals surface area contributed by atoms with Crippen molar-refractivity contribution in [1.82, 2.24) is 9.62 Å². The molecule has 2 aromatic rings. The van der Waals surface area contributed by atoms with E-state index in [1.807, 2.05) is 24.3 Å². The fraction of sp³-hybridized carbons (Fsp3) is 0.409. The third-order valence-corrected chi connectivity index (χ3v) is 8.55. The monoisotopic (exact) mass is 500 g/mol. The lowest BCUT2D eigenvalue weighted by molar-refractivity contribution is -0.125. The zero-order valence-corrected chi connectivity index (χ0v) is 20.2. The second kappa shape index (κ2) is 11.6. The number of nitrogens with one attached hydrogen (secondary N) is 1. The molecule has 0 bridgehead atoms. The summed E-state index contributed by atoms with van der Waals surface area (Å²) in [4.78, 5) is 12.4. The van der Waals surface area contributed by atoms with Gasteiger partial charge >= 0.3 is 0 Å². The van der Waals surface area contributed by atoms with E-state index in [-0.39, 0.29) is 17.6 Å². The summed E-state index contributed by atoms with van der Waals surface area (Å²) in [6.07, 6.45) is 1.09. The van der Waals surface area contributed by atoms with E-state index in [1.54, 1.807) is 36.0 Å². The second-order valence-electron chi connectivity index (χ2n) is 7.53. The van der Waals surface area contributed by atoms with Crippen molar-refractivity contribution in [3.63, 3.8) is 0 Å². The van der Waals surface area contributed by atoms with E-state index in [4.69, 9.17) is 23.2 Å². The van der Waals surface area contributed by atoms with E-state index in [0.717, 1.165) is 22.1 Å². The molecule has 0 saturated carbocycles. The van der Waals surface area contributed by atoms with Gasteiger partial charge in [0.25, 0.3) is 0 Å². The lowest BCUT2D eigenvalue weighted by Crippen LogP contribution is -2.43. The predicted molar refractivity (Wildman–Crippen MR) is 129 cm³/mol. The summed E-state index contributed by atoms with van der Waals surface area (Å²) >= 11 is 13.6. The molecular formula is C22H26Cl2N2O3S2. The number of carbonyl (C=O) groups excluding carboxylic acids is 1. The number of nitrogens with zero attached hydrogens (tertiary/aromatic N) is 1. The molecule has 1 heterocycles. The summed E-state index contributed by atoms with van der Waals surface area (Å²) in [6, 6.07) is 14.6. The number of hydrogen-bond donors (Lipinski definition) is 1. The average Bonchev–Trinajstić information content (AvgIpc) is 2.75. The van der Waals surface area contributed by atoms with Gasteiger partial charge in [0.1, 0.15) is 0 Å². The Balaban J connectivity index is 1.36. The van der Waals surface area contributed by atoms with Crippen LogP contribution in [0.2, 0.25) is 10.0 Å². The summed E-state index contributed by atoms with van der Waals surface area (Å²) in [6.45, 7) is 1.34. The van der Waals surface area contributed by atoms with Crippen LogP contribution in [0.1, 0.15) is 24.0 Å². The number of sulfonamides is 1. The van der Waals surface area contributed by atoms with Crippen LogP contribution in [-0.2, 0) is 26.3 Å². The van der Waals surface area contributed by atoms with Crippen molar-refractivity contribution >= 4 is 50.9 Å². The highest BCUT2D eigenvalue weighted by atomic mass is 35.5. The zero-order valence-electron chi connectivity index (χ0n) is 17.1. The molecule has 3 rings (SSSR count). The van der Waals surface area contributed by atoms with Crippen molar-refractivity contribution in [3.05, 3.63) is 69.7 Å². The van der Waals surface area contributed by atoms with Crippen LogP contribution >= 0.6 is 35.0 Å². The Kier molecular flexibility index (Phi) is 9.10. The molecule has 0 aromatic heterocycles. The summed E-state index contributed by atoms with van der Waals surface area (Å²) < 4.78 is 26.9. The van der Waals surface area contributed by atoms with E-state index in [0.29, 0.717) is 43.1 Å². The van der Waals surface area contributed by atoms with Gasteiger partial charge in [-0.15, -0.1) is 0 Å². The van der Waals surface area contributed by atoms with Gasteiger partial charge < -0.3 is 5.32 Å². The predicted octanol–water partition coefficient (Wildman–Crippen LogP) is 4.58. The summed E-state index contributed by atoms with van der Waals surface area (Å²) in [7, 11) is -3.41.